The molecule has 0 fully saturated rings. The van der Waals surface area contributed by atoms with E-state index in [0.717, 1.165) is 0 Å². The third kappa shape index (κ3) is 12.6. The van der Waals surface area contributed by atoms with Gasteiger partial charge in [0.25, 0.3) is 0 Å². The number of nitrogens with zero attached hydrogens (tertiary/aromatic N) is 2. The zero-order valence-electron chi connectivity index (χ0n) is 17.0. The number of primary amides is 1. The number of amides is 4. The summed E-state index contributed by atoms with van der Waals surface area (Å²) in [6, 6.07) is -1.07. The lowest BCUT2D eigenvalue weighted by molar-refractivity contribution is -0.124. The van der Waals surface area contributed by atoms with Crippen molar-refractivity contribution in [1.29, 1.82) is 0 Å². The van der Waals surface area contributed by atoms with Crippen LogP contribution in [0.5, 0.6) is 0 Å². The Balaban J connectivity index is 1.97. The van der Waals surface area contributed by atoms with E-state index < -0.39 is 23.9 Å². The van der Waals surface area contributed by atoms with E-state index >= 15 is 0 Å². The minimum atomic E-state index is -1.37. The third-order valence-electron chi connectivity index (χ3n) is 4.05. The predicted molar refractivity (Wildman–Crippen MR) is 104 cm³/mol. The fourth-order valence-electron chi connectivity index (χ4n) is 2.28. The molecular weight excluding hydrogens is 400 g/mol. The SMILES string of the molecule is CC1(CCC(=O)NCCOCCOCCNC(=O)C(CCC(N)=O)NC(=O)O)N=N1. The van der Waals surface area contributed by atoms with Gasteiger partial charge in [0.2, 0.25) is 17.7 Å². The van der Waals surface area contributed by atoms with E-state index in [0.29, 0.717) is 39.2 Å². The van der Waals surface area contributed by atoms with Crippen molar-refractivity contribution in [3.05, 3.63) is 0 Å². The molecule has 13 nitrogen and oxygen atoms in total. The molecule has 6 N–H and O–H groups in total. The number of carbonyl (C=O) groups is 4. The molecule has 170 valence electrons. The van der Waals surface area contributed by atoms with Gasteiger partial charge in [-0.1, -0.05) is 0 Å². The van der Waals surface area contributed by atoms with E-state index in [1.54, 1.807) is 0 Å². The summed E-state index contributed by atoms with van der Waals surface area (Å²) in [7, 11) is 0. The Morgan fingerprint density at radius 3 is 2.13 bits per heavy atom. The van der Waals surface area contributed by atoms with Crippen LogP contribution in [0.3, 0.4) is 0 Å². The number of ether oxygens (including phenoxy) is 2. The molecule has 1 unspecified atom stereocenters. The zero-order chi connectivity index (χ0) is 22.4. The molecule has 1 aliphatic heterocycles. The standard InChI is InChI=1S/C17H30N6O7/c1-17(22-23-17)5-4-14(25)19-6-8-29-10-11-30-9-7-20-15(26)12(21-16(27)28)2-3-13(18)24/h12,21H,2-11H2,1H3,(H2,18,24)(H,19,25)(H,20,26)(H,27,28). The molecule has 0 aromatic carbocycles. The van der Waals surface area contributed by atoms with Crippen molar-refractivity contribution in [2.75, 3.05) is 39.5 Å². The first-order chi connectivity index (χ1) is 14.2. The van der Waals surface area contributed by atoms with Gasteiger partial charge < -0.3 is 36.3 Å². The molecule has 0 aromatic heterocycles. The molecule has 0 saturated carbocycles. The number of carbonyl (C=O) groups excluding carboxylic acids is 3. The average Bonchev–Trinajstić information content (AvgIpc) is 3.42. The average molecular weight is 430 g/mol. The first kappa shape index (κ1) is 25.2. The highest BCUT2D eigenvalue weighted by Gasteiger charge is 2.33. The lowest BCUT2D eigenvalue weighted by Crippen LogP contribution is -2.47. The summed E-state index contributed by atoms with van der Waals surface area (Å²) in [5, 5.41) is 23.7. The van der Waals surface area contributed by atoms with Crippen molar-refractivity contribution >= 4 is 23.8 Å². The first-order valence-electron chi connectivity index (χ1n) is 9.63. The smallest absolute Gasteiger partial charge is 0.405 e. The van der Waals surface area contributed by atoms with Gasteiger partial charge in [-0.15, -0.1) is 0 Å². The highest BCUT2D eigenvalue weighted by Crippen LogP contribution is 2.31. The molecule has 4 amide bonds. The topological polar surface area (TPSA) is 194 Å². The van der Waals surface area contributed by atoms with Crippen LogP contribution in [-0.2, 0) is 23.9 Å². The van der Waals surface area contributed by atoms with Crippen molar-refractivity contribution < 1.29 is 33.8 Å². The fourth-order valence-corrected chi connectivity index (χ4v) is 2.28. The number of nitrogens with two attached hydrogens (primary N) is 1. The van der Waals surface area contributed by atoms with Crippen molar-refractivity contribution in [3.8, 4) is 0 Å². The summed E-state index contributed by atoms with van der Waals surface area (Å²) in [4.78, 5) is 45.0. The molecule has 1 atom stereocenters. The molecule has 0 aliphatic carbocycles. The first-order valence-corrected chi connectivity index (χ1v) is 9.63. The van der Waals surface area contributed by atoms with Gasteiger partial charge in [-0.2, -0.15) is 10.2 Å². The second-order valence-corrected chi connectivity index (χ2v) is 6.79. The molecule has 0 saturated heterocycles. The van der Waals surface area contributed by atoms with Gasteiger partial charge in [0, 0.05) is 32.4 Å². The van der Waals surface area contributed by atoms with E-state index in [-0.39, 0.29) is 37.6 Å². The Morgan fingerprint density at radius 2 is 1.60 bits per heavy atom. The Kier molecular flexibility index (Phi) is 11.3. The maximum Gasteiger partial charge on any atom is 0.405 e. The van der Waals surface area contributed by atoms with Crippen LogP contribution in [0.2, 0.25) is 0 Å². The molecular formula is C17H30N6O7. The highest BCUT2D eigenvalue weighted by atomic mass is 16.5. The van der Waals surface area contributed by atoms with Gasteiger partial charge in [0.05, 0.1) is 26.4 Å². The second-order valence-electron chi connectivity index (χ2n) is 6.79. The van der Waals surface area contributed by atoms with Crippen LogP contribution in [0.25, 0.3) is 0 Å². The van der Waals surface area contributed by atoms with E-state index in [1.165, 1.54) is 0 Å². The van der Waals surface area contributed by atoms with Gasteiger partial charge in [-0.25, -0.2) is 4.79 Å². The van der Waals surface area contributed by atoms with Crippen LogP contribution < -0.4 is 21.7 Å². The van der Waals surface area contributed by atoms with Crippen LogP contribution >= 0.6 is 0 Å². The van der Waals surface area contributed by atoms with Gasteiger partial charge in [0.1, 0.15) is 6.04 Å². The minimum absolute atomic E-state index is 0.0251. The fraction of sp³-hybridized carbons (Fsp3) is 0.765. The van der Waals surface area contributed by atoms with Gasteiger partial charge in [-0.05, 0) is 13.3 Å². The molecule has 1 heterocycles. The quantitative estimate of drug-likeness (QED) is 0.185. The van der Waals surface area contributed by atoms with Crippen LogP contribution in [-0.4, -0.2) is 80.1 Å². The molecule has 1 aliphatic rings. The molecule has 0 aromatic rings. The normalized spacial score (nSPS) is 14.6. The Bertz CT molecular complexity index is 622. The molecule has 30 heavy (non-hydrogen) atoms. The number of rotatable bonds is 17. The number of carboxylic acid groups (broad SMARTS) is 1. The molecule has 0 radical (unpaired) electrons. The van der Waals surface area contributed by atoms with Crippen molar-refractivity contribution in [2.45, 2.75) is 44.3 Å². The number of hydrogen-bond donors (Lipinski definition) is 5. The predicted octanol–water partition coefficient (Wildman–Crippen LogP) is -0.884. The summed E-state index contributed by atoms with van der Waals surface area (Å²) < 4.78 is 10.6. The monoisotopic (exact) mass is 430 g/mol. The maximum atomic E-state index is 11.9. The van der Waals surface area contributed by atoms with Crippen LogP contribution in [0.4, 0.5) is 4.79 Å². The summed E-state index contributed by atoms with van der Waals surface area (Å²) >= 11 is 0. The van der Waals surface area contributed by atoms with Crippen molar-refractivity contribution in [2.24, 2.45) is 16.0 Å². The maximum absolute atomic E-state index is 11.9. The number of nitrogens with one attached hydrogen (secondary N) is 3. The molecule has 0 bridgehead atoms. The third-order valence-corrected chi connectivity index (χ3v) is 4.05. The van der Waals surface area contributed by atoms with E-state index in [4.69, 9.17) is 20.3 Å². The van der Waals surface area contributed by atoms with Crippen molar-refractivity contribution in [3.63, 3.8) is 0 Å². The summed E-state index contributed by atoms with van der Waals surface area (Å²) in [5.74, 6) is -1.26. The minimum Gasteiger partial charge on any atom is -0.465 e. The van der Waals surface area contributed by atoms with Crippen LogP contribution in [0, 0.1) is 0 Å². The van der Waals surface area contributed by atoms with E-state index in [2.05, 4.69) is 20.9 Å². The van der Waals surface area contributed by atoms with Gasteiger partial charge in [0.15, 0.2) is 5.66 Å². The highest BCUT2D eigenvalue weighted by molar-refractivity contribution is 5.86. The second kappa shape index (κ2) is 13.4. The van der Waals surface area contributed by atoms with Crippen molar-refractivity contribution in [1.82, 2.24) is 16.0 Å². The van der Waals surface area contributed by atoms with Gasteiger partial charge in [-0.3, -0.25) is 14.4 Å². The van der Waals surface area contributed by atoms with E-state index in [1.807, 2.05) is 12.2 Å². The largest absolute Gasteiger partial charge is 0.465 e. The summed E-state index contributed by atoms with van der Waals surface area (Å²) in [5.41, 5.74) is 4.64. The summed E-state index contributed by atoms with van der Waals surface area (Å²) in [6.07, 6.45) is -0.542. The van der Waals surface area contributed by atoms with Crippen LogP contribution in [0.1, 0.15) is 32.6 Å². The zero-order valence-corrected chi connectivity index (χ0v) is 17.0. The molecule has 0 spiro atoms. The Labute approximate surface area is 174 Å². The summed E-state index contributed by atoms with van der Waals surface area (Å²) in [6.45, 7) is 3.59. The lowest BCUT2D eigenvalue weighted by Gasteiger charge is -2.16. The molecule has 1 rings (SSSR count). The molecule has 13 heteroatoms. The number of hydrogen-bond acceptors (Lipinski definition) is 8. The lowest BCUT2D eigenvalue weighted by atomic mass is 10.1. The van der Waals surface area contributed by atoms with Gasteiger partial charge >= 0.3 is 6.09 Å². The van der Waals surface area contributed by atoms with Crippen LogP contribution in [0.15, 0.2) is 10.2 Å². The van der Waals surface area contributed by atoms with E-state index in [9.17, 15) is 19.2 Å². The Hall–Kier alpha value is -2.80. The Morgan fingerprint density at radius 1 is 1.00 bits per heavy atom.